The molecule has 1 heterocycles. The number of aromatic nitrogens is 2. The van der Waals surface area contributed by atoms with Gasteiger partial charge in [-0.1, -0.05) is 11.6 Å². The van der Waals surface area contributed by atoms with E-state index in [2.05, 4.69) is 26.3 Å². The van der Waals surface area contributed by atoms with E-state index in [1.54, 1.807) is 29.9 Å². The number of amides is 1. The number of aryl methyl sites for hydroxylation is 2. The quantitative estimate of drug-likeness (QED) is 0.390. The van der Waals surface area contributed by atoms with Crippen molar-refractivity contribution in [3.05, 3.63) is 73.0 Å². The summed E-state index contributed by atoms with van der Waals surface area (Å²) in [4.78, 5) is 23.4. The van der Waals surface area contributed by atoms with Gasteiger partial charge in [0.05, 0.1) is 26.8 Å². The average Bonchev–Trinajstić information content (AvgIpc) is 2.91. The molecule has 3 aromatic rings. The molecule has 2 aromatic carbocycles. The number of ether oxygens (including phenoxy) is 1. The first-order valence-corrected chi connectivity index (χ1v) is 9.56. The van der Waals surface area contributed by atoms with E-state index in [0.717, 1.165) is 11.3 Å². The minimum absolute atomic E-state index is 0.174. The lowest BCUT2D eigenvalue weighted by Crippen LogP contribution is -2.13. The van der Waals surface area contributed by atoms with E-state index in [4.69, 9.17) is 16.3 Å². The van der Waals surface area contributed by atoms with Crippen LogP contribution in [-0.4, -0.2) is 20.6 Å². The summed E-state index contributed by atoms with van der Waals surface area (Å²) >= 11 is 9.29. The first-order chi connectivity index (χ1) is 13.7. The molecule has 0 aliphatic carbocycles. The number of rotatable bonds is 5. The lowest BCUT2D eigenvalue weighted by molar-refractivity contribution is -0.384. The van der Waals surface area contributed by atoms with Gasteiger partial charge in [0, 0.05) is 24.2 Å². The number of nitro groups is 1. The number of nitro benzene ring substituents is 1. The maximum atomic E-state index is 12.6. The van der Waals surface area contributed by atoms with Crippen molar-refractivity contribution in [1.82, 2.24) is 9.78 Å². The number of hydrogen-bond acceptors (Lipinski definition) is 5. The van der Waals surface area contributed by atoms with Crippen LogP contribution in [0.3, 0.4) is 0 Å². The zero-order chi connectivity index (χ0) is 21.3. The van der Waals surface area contributed by atoms with Gasteiger partial charge in [0.2, 0.25) is 0 Å². The molecule has 3 rings (SSSR count). The maximum Gasteiger partial charge on any atom is 0.277 e. The molecule has 1 aromatic heterocycles. The summed E-state index contributed by atoms with van der Waals surface area (Å²) in [5.41, 5.74) is 1.70. The van der Waals surface area contributed by atoms with Crippen LogP contribution in [0.4, 0.5) is 11.4 Å². The van der Waals surface area contributed by atoms with Crippen molar-refractivity contribution in [2.45, 2.75) is 13.8 Å². The van der Waals surface area contributed by atoms with Crippen molar-refractivity contribution in [3.8, 4) is 11.5 Å². The number of hydrogen-bond donors (Lipinski definition) is 1. The van der Waals surface area contributed by atoms with Crippen molar-refractivity contribution in [1.29, 1.82) is 0 Å². The van der Waals surface area contributed by atoms with Crippen LogP contribution in [-0.2, 0) is 7.05 Å². The summed E-state index contributed by atoms with van der Waals surface area (Å²) in [7, 11) is 1.71. The molecular formula is C19H16BrClN4O4. The van der Waals surface area contributed by atoms with E-state index in [0.29, 0.717) is 15.2 Å². The highest BCUT2D eigenvalue weighted by Crippen LogP contribution is 2.32. The lowest BCUT2D eigenvalue weighted by atomic mass is 10.2. The number of nitrogens with one attached hydrogen (secondary N) is 1. The number of benzene rings is 2. The third kappa shape index (κ3) is 4.57. The van der Waals surface area contributed by atoms with Crippen LogP contribution in [0.15, 0.2) is 40.9 Å². The highest BCUT2D eigenvalue weighted by Gasteiger charge is 2.20. The molecule has 0 unspecified atom stereocenters. The molecule has 0 aliphatic heterocycles. The minimum Gasteiger partial charge on any atom is -0.457 e. The molecule has 0 saturated heterocycles. The molecule has 0 atom stereocenters. The van der Waals surface area contributed by atoms with Gasteiger partial charge in [0.25, 0.3) is 11.6 Å². The SMILES string of the molecule is Cc1cc(Cl)ccc1Oc1cc(NC(=O)c2nn(C)c(C)c2Br)cc([N+](=O)[O-])c1. The van der Waals surface area contributed by atoms with Gasteiger partial charge in [-0.25, -0.2) is 0 Å². The van der Waals surface area contributed by atoms with Crippen molar-refractivity contribution in [2.75, 3.05) is 5.32 Å². The zero-order valence-electron chi connectivity index (χ0n) is 15.7. The largest absolute Gasteiger partial charge is 0.457 e. The predicted molar refractivity (Wildman–Crippen MR) is 113 cm³/mol. The van der Waals surface area contributed by atoms with Crippen LogP contribution < -0.4 is 10.1 Å². The number of carbonyl (C=O) groups is 1. The second kappa shape index (κ2) is 8.22. The van der Waals surface area contributed by atoms with Gasteiger partial charge < -0.3 is 10.1 Å². The van der Waals surface area contributed by atoms with Crippen molar-refractivity contribution < 1.29 is 14.5 Å². The van der Waals surface area contributed by atoms with Crippen LogP contribution in [0, 0.1) is 24.0 Å². The third-order valence-corrected chi connectivity index (χ3v) is 5.39. The molecule has 0 saturated carbocycles. The van der Waals surface area contributed by atoms with Crippen LogP contribution in [0.5, 0.6) is 11.5 Å². The fourth-order valence-corrected chi connectivity index (χ4v) is 3.33. The average molecular weight is 480 g/mol. The molecule has 29 heavy (non-hydrogen) atoms. The molecule has 0 aliphatic rings. The van der Waals surface area contributed by atoms with E-state index in [9.17, 15) is 14.9 Å². The fourth-order valence-electron chi connectivity index (χ4n) is 2.59. The Balaban J connectivity index is 1.93. The van der Waals surface area contributed by atoms with Crippen molar-refractivity contribution >= 4 is 44.8 Å². The van der Waals surface area contributed by atoms with E-state index >= 15 is 0 Å². The molecule has 0 spiro atoms. The van der Waals surface area contributed by atoms with Gasteiger partial charge in [-0.3, -0.25) is 19.6 Å². The molecule has 8 nitrogen and oxygen atoms in total. The number of halogens is 2. The second-order valence-corrected chi connectivity index (χ2v) is 7.54. The first kappa shape index (κ1) is 20.8. The van der Waals surface area contributed by atoms with E-state index in [-0.39, 0.29) is 22.8 Å². The molecule has 0 radical (unpaired) electrons. The van der Waals surface area contributed by atoms with Crippen LogP contribution >= 0.6 is 27.5 Å². The predicted octanol–water partition coefficient (Wildman–Crippen LogP) is 5.41. The van der Waals surface area contributed by atoms with E-state index in [1.165, 1.54) is 18.2 Å². The minimum atomic E-state index is -0.557. The first-order valence-electron chi connectivity index (χ1n) is 8.39. The second-order valence-electron chi connectivity index (χ2n) is 6.31. The Morgan fingerprint density at radius 1 is 1.28 bits per heavy atom. The topological polar surface area (TPSA) is 99.3 Å². The van der Waals surface area contributed by atoms with Crippen LogP contribution in [0.25, 0.3) is 0 Å². The Morgan fingerprint density at radius 3 is 2.59 bits per heavy atom. The van der Waals surface area contributed by atoms with E-state index in [1.807, 2.05) is 13.8 Å². The van der Waals surface area contributed by atoms with Gasteiger partial charge in [-0.15, -0.1) is 0 Å². The maximum absolute atomic E-state index is 12.6. The number of nitrogens with zero attached hydrogens (tertiary/aromatic N) is 3. The summed E-state index contributed by atoms with van der Waals surface area (Å²) in [6.45, 7) is 3.61. The molecule has 0 bridgehead atoms. The smallest absolute Gasteiger partial charge is 0.277 e. The number of carbonyl (C=O) groups excluding carboxylic acids is 1. The number of non-ortho nitro benzene ring substituents is 1. The van der Waals surface area contributed by atoms with Crippen molar-refractivity contribution in [3.63, 3.8) is 0 Å². The Kier molecular flexibility index (Phi) is 5.90. The van der Waals surface area contributed by atoms with Gasteiger partial charge in [-0.2, -0.15) is 5.10 Å². The summed E-state index contributed by atoms with van der Waals surface area (Å²) in [5.74, 6) is 0.196. The molecule has 150 valence electrons. The van der Waals surface area contributed by atoms with Crippen LogP contribution in [0.2, 0.25) is 5.02 Å². The Morgan fingerprint density at radius 2 is 2.00 bits per heavy atom. The lowest BCUT2D eigenvalue weighted by Gasteiger charge is -2.11. The summed E-state index contributed by atoms with van der Waals surface area (Å²) in [5, 5.41) is 18.7. The van der Waals surface area contributed by atoms with Gasteiger partial charge >= 0.3 is 0 Å². The highest BCUT2D eigenvalue weighted by atomic mass is 79.9. The molecule has 0 fully saturated rings. The summed E-state index contributed by atoms with van der Waals surface area (Å²) in [6.07, 6.45) is 0. The number of anilines is 1. The molecular weight excluding hydrogens is 464 g/mol. The summed E-state index contributed by atoms with van der Waals surface area (Å²) in [6, 6.07) is 9.08. The Labute approximate surface area is 179 Å². The monoisotopic (exact) mass is 478 g/mol. The van der Waals surface area contributed by atoms with Crippen LogP contribution in [0.1, 0.15) is 21.7 Å². The molecule has 1 amide bonds. The van der Waals surface area contributed by atoms with Crippen molar-refractivity contribution in [2.24, 2.45) is 7.05 Å². The molecule has 10 heteroatoms. The van der Waals surface area contributed by atoms with Gasteiger partial charge in [-0.05, 0) is 53.5 Å². The van der Waals surface area contributed by atoms with E-state index < -0.39 is 10.8 Å². The summed E-state index contributed by atoms with van der Waals surface area (Å²) < 4.78 is 7.90. The fraction of sp³-hybridized carbons (Fsp3) is 0.158. The normalized spacial score (nSPS) is 10.7. The Bertz CT molecular complexity index is 1130. The van der Waals surface area contributed by atoms with Gasteiger partial charge in [0.15, 0.2) is 5.69 Å². The highest BCUT2D eigenvalue weighted by molar-refractivity contribution is 9.10. The third-order valence-electron chi connectivity index (χ3n) is 4.20. The standard InChI is InChI=1S/C19H16BrClN4O4/c1-10-6-12(21)4-5-16(10)29-15-8-13(7-14(9-15)25(27)28)22-19(26)18-17(20)11(2)24(3)23-18/h4-9H,1-3H3,(H,22,26). The Hall–Kier alpha value is -2.91. The van der Waals surface area contributed by atoms with Gasteiger partial charge in [0.1, 0.15) is 11.5 Å². The zero-order valence-corrected chi connectivity index (χ0v) is 18.0. The molecule has 1 N–H and O–H groups in total.